The number of rotatable bonds is 6. The van der Waals surface area contributed by atoms with Crippen molar-refractivity contribution in [3.63, 3.8) is 0 Å². The van der Waals surface area contributed by atoms with Crippen LogP contribution in [0.25, 0.3) is 0 Å². The monoisotopic (exact) mass is 282 g/mol. The van der Waals surface area contributed by atoms with Gasteiger partial charge in [-0.3, -0.25) is 0 Å². The number of carboxylic acid groups (broad SMARTS) is 2. The van der Waals surface area contributed by atoms with E-state index in [4.69, 9.17) is 9.47 Å². The molecule has 0 saturated heterocycles. The Morgan fingerprint density at radius 1 is 0.950 bits per heavy atom. The summed E-state index contributed by atoms with van der Waals surface area (Å²) >= 11 is 0. The first-order chi connectivity index (χ1) is 9.42. The Balaban J connectivity index is 0.000000396. The molecule has 0 heterocycles. The van der Waals surface area contributed by atoms with Gasteiger partial charge < -0.3 is 29.3 Å². The van der Waals surface area contributed by atoms with Crippen molar-refractivity contribution in [1.82, 2.24) is 0 Å². The molecule has 6 nitrogen and oxygen atoms in total. The number of ether oxygens (including phenoxy) is 2. The van der Waals surface area contributed by atoms with E-state index in [1.54, 1.807) is 0 Å². The van der Waals surface area contributed by atoms with E-state index >= 15 is 0 Å². The van der Waals surface area contributed by atoms with Crippen molar-refractivity contribution < 1.29 is 29.3 Å². The summed E-state index contributed by atoms with van der Waals surface area (Å²) in [5.41, 5.74) is -0.111. The van der Waals surface area contributed by atoms with Gasteiger partial charge in [-0.05, 0) is 31.9 Å². The van der Waals surface area contributed by atoms with Crippen molar-refractivity contribution in [2.24, 2.45) is 0 Å². The maximum absolute atomic E-state index is 10.2. The molecule has 0 saturated carbocycles. The molecule has 112 valence electrons. The third kappa shape index (κ3) is 7.50. The van der Waals surface area contributed by atoms with Crippen molar-refractivity contribution in [2.45, 2.75) is 27.1 Å². The smallest absolute Gasteiger partial charge is 0.154 e. The van der Waals surface area contributed by atoms with Gasteiger partial charge in [-0.15, -0.1) is 0 Å². The Hall–Kier alpha value is -1.92. The van der Waals surface area contributed by atoms with Gasteiger partial charge in [0.15, 0.2) is 6.29 Å². The first-order valence-corrected chi connectivity index (χ1v) is 6.18. The van der Waals surface area contributed by atoms with Gasteiger partial charge in [-0.1, -0.05) is 24.3 Å². The topological polar surface area (TPSA) is 98.7 Å². The van der Waals surface area contributed by atoms with Gasteiger partial charge in [0.2, 0.25) is 0 Å². The van der Waals surface area contributed by atoms with Gasteiger partial charge >= 0.3 is 0 Å². The number of carboxylic acids is 2. The van der Waals surface area contributed by atoms with E-state index in [0.717, 1.165) is 37.5 Å². The first kappa shape index (κ1) is 18.1. The summed E-state index contributed by atoms with van der Waals surface area (Å²) in [7, 11) is 0. The maximum Gasteiger partial charge on any atom is 0.154 e. The number of carbonyl (C=O) groups excluding carboxylic acids is 2. The SMILES string of the molecule is CCOC(C)OCC.O=C([O-])c1ccc(C(=O)[O-])cc1. The summed E-state index contributed by atoms with van der Waals surface area (Å²) in [6.45, 7) is 7.25. The van der Waals surface area contributed by atoms with Crippen LogP contribution < -0.4 is 10.2 Å². The number of benzene rings is 1. The zero-order valence-electron chi connectivity index (χ0n) is 11.8. The minimum Gasteiger partial charge on any atom is -0.545 e. The summed E-state index contributed by atoms with van der Waals surface area (Å²) in [5, 5.41) is 20.4. The van der Waals surface area contributed by atoms with Gasteiger partial charge in [0, 0.05) is 13.2 Å². The van der Waals surface area contributed by atoms with E-state index in [1.807, 2.05) is 20.8 Å². The minimum absolute atomic E-state index is 0.0370. The lowest BCUT2D eigenvalue weighted by atomic mass is 10.1. The second-order valence-corrected chi connectivity index (χ2v) is 3.63. The predicted molar refractivity (Wildman–Crippen MR) is 67.8 cm³/mol. The van der Waals surface area contributed by atoms with Gasteiger partial charge in [-0.2, -0.15) is 0 Å². The average Bonchev–Trinajstić information content (AvgIpc) is 2.40. The standard InChI is InChI=1S/C8H6O4.C6H14O2/c9-7(10)5-1-2-6(4-3-5)8(11)12;1-4-7-6(3)8-5-2/h1-4H,(H,9,10)(H,11,12);6H,4-5H2,1-3H3/p-2. The summed E-state index contributed by atoms with van der Waals surface area (Å²) in [6.07, 6.45) is -0.0370. The molecule has 1 aromatic carbocycles. The maximum atomic E-state index is 10.2. The fraction of sp³-hybridized carbons (Fsp3) is 0.429. The third-order valence-electron chi connectivity index (χ3n) is 2.16. The van der Waals surface area contributed by atoms with Crippen molar-refractivity contribution >= 4 is 11.9 Å². The third-order valence-corrected chi connectivity index (χ3v) is 2.16. The van der Waals surface area contributed by atoms with Crippen LogP contribution >= 0.6 is 0 Å². The molecule has 0 amide bonds. The number of hydrogen-bond acceptors (Lipinski definition) is 6. The largest absolute Gasteiger partial charge is 0.545 e. The molecule has 0 aliphatic carbocycles. The molecule has 0 fully saturated rings. The Morgan fingerprint density at radius 3 is 1.45 bits per heavy atom. The van der Waals surface area contributed by atoms with Crippen molar-refractivity contribution in [3.05, 3.63) is 35.4 Å². The quantitative estimate of drug-likeness (QED) is 0.671. The van der Waals surface area contributed by atoms with Gasteiger partial charge in [0.25, 0.3) is 0 Å². The van der Waals surface area contributed by atoms with Gasteiger partial charge in [0.1, 0.15) is 0 Å². The molecule has 0 radical (unpaired) electrons. The highest BCUT2D eigenvalue weighted by molar-refractivity contribution is 5.89. The Kier molecular flexibility index (Phi) is 8.98. The van der Waals surface area contributed by atoms with Crippen LogP contribution in [0.4, 0.5) is 0 Å². The van der Waals surface area contributed by atoms with Crippen molar-refractivity contribution in [1.29, 1.82) is 0 Å². The molecule has 0 atom stereocenters. The van der Waals surface area contributed by atoms with Crippen LogP contribution in [0.2, 0.25) is 0 Å². The van der Waals surface area contributed by atoms with Crippen LogP contribution in [-0.4, -0.2) is 31.4 Å². The molecule has 20 heavy (non-hydrogen) atoms. The lowest BCUT2D eigenvalue weighted by molar-refractivity contribution is -0.256. The number of hydrogen-bond donors (Lipinski definition) is 0. The van der Waals surface area contributed by atoms with Crippen molar-refractivity contribution in [2.75, 3.05) is 13.2 Å². The van der Waals surface area contributed by atoms with Gasteiger partial charge in [-0.25, -0.2) is 0 Å². The van der Waals surface area contributed by atoms with Crippen LogP contribution in [0.15, 0.2) is 24.3 Å². The minimum atomic E-state index is -1.33. The molecule has 1 aromatic rings. The Morgan fingerprint density at radius 2 is 1.25 bits per heavy atom. The Bertz CT molecular complexity index is 373. The first-order valence-electron chi connectivity index (χ1n) is 6.18. The summed E-state index contributed by atoms with van der Waals surface area (Å²) in [5.74, 6) is -2.67. The predicted octanol–water partition coefficient (Wildman–Crippen LogP) is -0.181. The molecule has 0 unspecified atom stereocenters. The second kappa shape index (κ2) is 9.94. The molecule has 0 spiro atoms. The molecule has 0 N–H and O–H groups in total. The zero-order chi connectivity index (χ0) is 15.5. The summed E-state index contributed by atoms with van der Waals surface area (Å²) < 4.78 is 10.1. The highest BCUT2D eigenvalue weighted by Crippen LogP contribution is 2.01. The zero-order valence-corrected chi connectivity index (χ0v) is 11.8. The molecule has 1 rings (SSSR count). The van der Waals surface area contributed by atoms with Crippen LogP contribution in [0, 0.1) is 0 Å². The second-order valence-electron chi connectivity index (χ2n) is 3.63. The van der Waals surface area contributed by atoms with E-state index in [1.165, 1.54) is 0 Å². The van der Waals surface area contributed by atoms with Crippen LogP contribution in [-0.2, 0) is 9.47 Å². The summed E-state index contributed by atoms with van der Waals surface area (Å²) in [4.78, 5) is 20.4. The molecule has 0 aliphatic heterocycles. The number of carbonyl (C=O) groups is 2. The highest BCUT2D eigenvalue weighted by atomic mass is 16.7. The van der Waals surface area contributed by atoms with E-state index in [9.17, 15) is 19.8 Å². The molecule has 0 bridgehead atoms. The van der Waals surface area contributed by atoms with Gasteiger partial charge in [0.05, 0.1) is 11.9 Å². The lowest BCUT2D eigenvalue weighted by Crippen LogP contribution is -2.24. The van der Waals surface area contributed by atoms with E-state index in [2.05, 4.69) is 0 Å². The summed E-state index contributed by atoms with van der Waals surface area (Å²) in [6, 6.07) is 4.61. The van der Waals surface area contributed by atoms with Crippen molar-refractivity contribution in [3.8, 4) is 0 Å². The molecule has 6 heteroatoms. The molecular formula is C14H18O6-2. The van der Waals surface area contributed by atoms with Crippen LogP contribution in [0.5, 0.6) is 0 Å². The van der Waals surface area contributed by atoms with E-state index in [-0.39, 0.29) is 17.4 Å². The Labute approximate surface area is 117 Å². The van der Waals surface area contributed by atoms with E-state index < -0.39 is 11.9 Å². The lowest BCUT2D eigenvalue weighted by Gasteiger charge is -2.09. The molecule has 0 aliphatic rings. The molecular weight excluding hydrogens is 264 g/mol. The molecule has 0 aromatic heterocycles. The number of aromatic carboxylic acids is 2. The van der Waals surface area contributed by atoms with Crippen LogP contribution in [0.3, 0.4) is 0 Å². The average molecular weight is 282 g/mol. The fourth-order valence-corrected chi connectivity index (χ4v) is 1.26. The normalized spacial score (nSPS) is 9.80. The van der Waals surface area contributed by atoms with Crippen LogP contribution in [0.1, 0.15) is 41.5 Å². The fourth-order valence-electron chi connectivity index (χ4n) is 1.26. The highest BCUT2D eigenvalue weighted by Gasteiger charge is 1.95. The van der Waals surface area contributed by atoms with E-state index in [0.29, 0.717) is 0 Å².